The highest BCUT2D eigenvalue weighted by molar-refractivity contribution is 7.18. The Balaban J connectivity index is 1.80. The van der Waals surface area contributed by atoms with Crippen molar-refractivity contribution < 1.29 is 13.9 Å². The number of benzene rings is 1. The molecule has 1 atom stereocenters. The van der Waals surface area contributed by atoms with Gasteiger partial charge in [0.05, 0.1) is 10.6 Å². The zero-order valence-electron chi connectivity index (χ0n) is 14.6. The number of esters is 1. The van der Waals surface area contributed by atoms with Crippen LogP contribution in [0, 0.1) is 5.82 Å². The average Bonchev–Trinajstić information content (AvgIpc) is 3.13. The molecule has 0 spiro atoms. The maximum absolute atomic E-state index is 13.1. The van der Waals surface area contributed by atoms with Gasteiger partial charge in [-0.15, -0.1) is 11.3 Å². The molecule has 0 aliphatic carbocycles. The molecule has 3 rings (SSSR count). The van der Waals surface area contributed by atoms with E-state index >= 15 is 0 Å². The van der Waals surface area contributed by atoms with E-state index in [1.807, 2.05) is 26.0 Å². The molecule has 6 heteroatoms. The maximum atomic E-state index is 13.1. The largest absolute Gasteiger partial charge is 0.458 e. The number of hydrogen-bond donors (Lipinski definition) is 0. The van der Waals surface area contributed by atoms with Gasteiger partial charge >= 0.3 is 5.97 Å². The van der Waals surface area contributed by atoms with Crippen LogP contribution in [0.25, 0.3) is 21.1 Å². The summed E-state index contributed by atoms with van der Waals surface area (Å²) in [6.07, 6.45) is 4.30. The average molecular weight is 370 g/mol. The molecule has 0 aliphatic heterocycles. The number of pyridine rings is 1. The maximum Gasteiger partial charge on any atom is 0.306 e. The minimum atomic E-state index is -0.333. The fourth-order valence-electron chi connectivity index (χ4n) is 2.48. The Labute approximate surface area is 155 Å². The van der Waals surface area contributed by atoms with Gasteiger partial charge in [-0.1, -0.05) is 6.92 Å². The van der Waals surface area contributed by atoms with Gasteiger partial charge in [0.15, 0.2) is 0 Å². The second kappa shape index (κ2) is 8.19. The molecule has 26 heavy (non-hydrogen) atoms. The van der Waals surface area contributed by atoms with Gasteiger partial charge in [-0.2, -0.15) is 0 Å². The van der Waals surface area contributed by atoms with Crippen molar-refractivity contribution in [1.82, 2.24) is 9.97 Å². The molecule has 1 aromatic carbocycles. The number of aromatic nitrogens is 2. The van der Waals surface area contributed by atoms with E-state index in [0.717, 1.165) is 33.1 Å². The van der Waals surface area contributed by atoms with Gasteiger partial charge < -0.3 is 4.74 Å². The lowest BCUT2D eigenvalue weighted by molar-refractivity contribution is -0.148. The molecule has 0 N–H and O–H groups in total. The van der Waals surface area contributed by atoms with E-state index in [0.29, 0.717) is 6.42 Å². The molecule has 0 saturated heterocycles. The van der Waals surface area contributed by atoms with E-state index in [1.54, 1.807) is 24.5 Å². The summed E-state index contributed by atoms with van der Waals surface area (Å²) in [5.74, 6) is -0.471. The lowest BCUT2D eigenvalue weighted by Crippen LogP contribution is -2.08. The lowest BCUT2D eigenvalue weighted by atomic mass is 10.1. The normalized spacial score (nSPS) is 12.0. The van der Waals surface area contributed by atoms with Crippen LogP contribution in [0.3, 0.4) is 0 Å². The van der Waals surface area contributed by atoms with Crippen LogP contribution in [-0.2, 0) is 9.53 Å². The Bertz CT molecular complexity index is 893. The molecule has 2 aromatic heterocycles. The molecule has 0 aliphatic rings. The van der Waals surface area contributed by atoms with Crippen molar-refractivity contribution in [2.24, 2.45) is 0 Å². The first-order valence-corrected chi connectivity index (χ1v) is 9.26. The molecule has 0 amide bonds. The molecule has 134 valence electrons. The predicted octanol–water partition coefficient (Wildman–Crippen LogP) is 5.42. The quantitative estimate of drug-likeness (QED) is 0.544. The summed E-state index contributed by atoms with van der Waals surface area (Å²) in [6, 6.07) is 10.00. The number of thiazole rings is 1. The van der Waals surface area contributed by atoms with E-state index in [9.17, 15) is 9.18 Å². The van der Waals surface area contributed by atoms with E-state index in [2.05, 4.69) is 9.97 Å². The molecule has 0 bridgehead atoms. The Morgan fingerprint density at radius 1 is 1.23 bits per heavy atom. The zero-order valence-corrected chi connectivity index (χ0v) is 15.4. The molecular formula is C20H19FN2O2S. The number of ether oxygens (including phenoxy) is 1. The van der Waals surface area contributed by atoms with Crippen molar-refractivity contribution in [2.75, 3.05) is 0 Å². The summed E-state index contributed by atoms with van der Waals surface area (Å²) < 4.78 is 18.5. The van der Waals surface area contributed by atoms with Gasteiger partial charge in [0.25, 0.3) is 0 Å². The summed E-state index contributed by atoms with van der Waals surface area (Å²) in [5.41, 5.74) is 2.52. The topological polar surface area (TPSA) is 52.1 Å². The second-order valence-corrected chi connectivity index (χ2v) is 6.92. The standard InChI is InChI=1S/C20H19FN2O2S/c1-3-4-19(24)25-13(2)15-9-10-22-17(11-15)18-12-23-20(26-18)14-5-7-16(21)8-6-14/h5-13H,3-4H2,1-2H3. The van der Waals surface area contributed by atoms with E-state index < -0.39 is 0 Å². The van der Waals surface area contributed by atoms with Crippen molar-refractivity contribution in [3.63, 3.8) is 0 Å². The van der Waals surface area contributed by atoms with Crippen LogP contribution in [0.5, 0.6) is 0 Å². The minimum absolute atomic E-state index is 0.199. The minimum Gasteiger partial charge on any atom is -0.458 e. The summed E-state index contributed by atoms with van der Waals surface area (Å²) in [6.45, 7) is 3.79. The highest BCUT2D eigenvalue weighted by Gasteiger charge is 2.14. The molecule has 3 aromatic rings. The summed E-state index contributed by atoms with van der Waals surface area (Å²) in [5, 5.41) is 0.801. The van der Waals surface area contributed by atoms with Crippen molar-refractivity contribution in [3.05, 3.63) is 60.2 Å². The molecular weight excluding hydrogens is 351 g/mol. The first-order valence-electron chi connectivity index (χ1n) is 8.44. The third-order valence-corrected chi connectivity index (χ3v) is 4.93. The Morgan fingerprint density at radius 3 is 2.73 bits per heavy atom. The van der Waals surface area contributed by atoms with Crippen LogP contribution in [0.15, 0.2) is 48.8 Å². The number of nitrogens with zero attached hydrogens (tertiary/aromatic N) is 2. The Kier molecular flexibility index (Phi) is 5.73. The van der Waals surface area contributed by atoms with Gasteiger partial charge in [-0.25, -0.2) is 9.37 Å². The van der Waals surface area contributed by atoms with E-state index in [-0.39, 0.29) is 17.9 Å². The van der Waals surface area contributed by atoms with E-state index in [1.165, 1.54) is 23.5 Å². The third kappa shape index (κ3) is 4.32. The summed E-state index contributed by atoms with van der Waals surface area (Å²) in [7, 11) is 0. The van der Waals surface area contributed by atoms with Crippen LogP contribution in [-0.4, -0.2) is 15.9 Å². The number of carbonyl (C=O) groups excluding carboxylic acids is 1. The van der Waals surface area contributed by atoms with Crippen molar-refractivity contribution in [3.8, 4) is 21.1 Å². The zero-order chi connectivity index (χ0) is 18.5. The predicted molar refractivity (Wildman–Crippen MR) is 100 cm³/mol. The van der Waals surface area contributed by atoms with Crippen molar-refractivity contribution in [2.45, 2.75) is 32.8 Å². The number of hydrogen-bond acceptors (Lipinski definition) is 5. The van der Waals surface area contributed by atoms with Gasteiger partial charge in [0.2, 0.25) is 0 Å². The van der Waals surface area contributed by atoms with Gasteiger partial charge in [0.1, 0.15) is 16.9 Å². The molecule has 1 unspecified atom stereocenters. The Morgan fingerprint density at radius 2 is 2.00 bits per heavy atom. The van der Waals surface area contributed by atoms with Crippen molar-refractivity contribution >= 4 is 17.3 Å². The smallest absolute Gasteiger partial charge is 0.306 e. The van der Waals surface area contributed by atoms with Crippen LogP contribution in [0.2, 0.25) is 0 Å². The fraction of sp³-hybridized carbons (Fsp3) is 0.250. The molecule has 0 radical (unpaired) electrons. The first kappa shape index (κ1) is 18.2. The van der Waals surface area contributed by atoms with Gasteiger partial charge in [-0.05, 0) is 55.3 Å². The second-order valence-electron chi connectivity index (χ2n) is 5.89. The summed E-state index contributed by atoms with van der Waals surface area (Å²) in [4.78, 5) is 21.4. The van der Waals surface area contributed by atoms with Crippen LogP contribution in [0.1, 0.15) is 38.4 Å². The molecule has 0 saturated carbocycles. The first-order chi connectivity index (χ1) is 12.6. The van der Waals surface area contributed by atoms with Gasteiger partial charge in [-0.3, -0.25) is 9.78 Å². The third-order valence-electron chi connectivity index (χ3n) is 3.87. The highest BCUT2D eigenvalue weighted by Crippen LogP contribution is 2.32. The molecule has 2 heterocycles. The monoisotopic (exact) mass is 370 g/mol. The fourth-order valence-corrected chi connectivity index (χ4v) is 3.37. The number of halogens is 1. The summed E-state index contributed by atoms with van der Waals surface area (Å²) >= 11 is 1.48. The SMILES string of the molecule is CCCC(=O)OC(C)c1ccnc(-c2cnc(-c3ccc(F)cc3)s2)c1. The number of carbonyl (C=O) groups is 1. The highest BCUT2D eigenvalue weighted by atomic mass is 32.1. The van der Waals surface area contributed by atoms with E-state index in [4.69, 9.17) is 4.74 Å². The van der Waals surface area contributed by atoms with Crippen LogP contribution >= 0.6 is 11.3 Å². The lowest BCUT2D eigenvalue weighted by Gasteiger charge is -2.13. The number of rotatable bonds is 6. The molecule has 4 nitrogen and oxygen atoms in total. The van der Waals surface area contributed by atoms with Gasteiger partial charge in [0, 0.05) is 24.4 Å². The van der Waals surface area contributed by atoms with Crippen LogP contribution < -0.4 is 0 Å². The van der Waals surface area contributed by atoms with Crippen LogP contribution in [0.4, 0.5) is 4.39 Å². The Hall–Kier alpha value is -2.60. The van der Waals surface area contributed by atoms with Crippen molar-refractivity contribution in [1.29, 1.82) is 0 Å². The molecule has 0 fully saturated rings.